The van der Waals surface area contributed by atoms with Crippen LogP contribution < -0.4 is 0 Å². The molecule has 14 nitrogen and oxygen atoms in total. The van der Waals surface area contributed by atoms with Crippen LogP contribution in [0.25, 0.3) is 0 Å². The zero-order valence-corrected chi connectivity index (χ0v) is 40.2. The molecule has 0 aliphatic rings. The highest BCUT2D eigenvalue weighted by Crippen LogP contribution is 2.17. The summed E-state index contributed by atoms with van der Waals surface area (Å²) in [5, 5.41) is 0. The zero-order chi connectivity index (χ0) is 47.2. The topological polar surface area (TPSA) is 166 Å². The number of benzene rings is 1. The Balaban J connectivity index is 0.0000116. The predicted octanol–water partition coefficient (Wildman–Crippen LogP) is 6.35. The van der Waals surface area contributed by atoms with E-state index in [4.69, 9.17) is 28.5 Å². The van der Waals surface area contributed by atoms with Gasteiger partial charge in [0.15, 0.2) is 5.78 Å². The molecule has 0 amide bonds. The average molecular weight is 862 g/mol. The summed E-state index contributed by atoms with van der Waals surface area (Å²) in [6.45, 7) is 31.5. The first-order chi connectivity index (χ1) is 27.9. The number of esters is 3. The van der Waals surface area contributed by atoms with Crippen LogP contribution in [-0.2, 0) is 65.5 Å². The fraction of sp³-hybridized carbons (Fsp3) is 0.745. The van der Waals surface area contributed by atoms with E-state index < -0.39 is 28.7 Å². The molecule has 348 valence electrons. The first-order valence-electron chi connectivity index (χ1n) is 21.4. The van der Waals surface area contributed by atoms with Crippen molar-refractivity contribution in [2.24, 2.45) is 17.3 Å². The summed E-state index contributed by atoms with van der Waals surface area (Å²) in [5.74, 6) is -0.655. The number of carbonyl (C=O) groups is 5. The van der Waals surface area contributed by atoms with Gasteiger partial charge in [0.1, 0.15) is 29.2 Å². The lowest BCUT2D eigenvalue weighted by Crippen LogP contribution is -2.47. The number of hydrogen-bond acceptors (Lipinski definition) is 14. The number of hydrogen-bond donors (Lipinski definition) is 0. The number of carbonyl (C=O) groups excluding carboxylic acids is 7. The summed E-state index contributed by atoms with van der Waals surface area (Å²) in [7, 11) is 0. The van der Waals surface area contributed by atoms with Crippen LogP contribution >= 0.6 is 0 Å². The molecule has 0 unspecified atom stereocenters. The monoisotopic (exact) mass is 862 g/mol. The van der Waals surface area contributed by atoms with Crippen LogP contribution in [0.4, 0.5) is 0 Å². The van der Waals surface area contributed by atoms with Crippen molar-refractivity contribution in [3.05, 3.63) is 35.4 Å². The lowest BCUT2D eigenvalue weighted by molar-refractivity contribution is -0.192. The Morgan fingerprint density at radius 1 is 0.590 bits per heavy atom. The minimum absolute atomic E-state index is 0.0242. The fourth-order valence-electron chi connectivity index (χ4n) is 6.27. The second-order valence-electron chi connectivity index (χ2n) is 20.4. The van der Waals surface area contributed by atoms with E-state index in [1.807, 2.05) is 56.9 Å². The van der Waals surface area contributed by atoms with Crippen molar-refractivity contribution >= 4 is 35.6 Å². The molecule has 61 heavy (non-hydrogen) atoms. The number of Topliss-reactive ketones (excluding diaryl/α,β-unsaturated/α-hetero) is 2. The van der Waals surface area contributed by atoms with Crippen molar-refractivity contribution in [1.82, 2.24) is 14.7 Å². The van der Waals surface area contributed by atoms with E-state index in [0.717, 1.165) is 17.5 Å². The minimum Gasteiger partial charge on any atom is -0.459 e. The Hall–Kier alpha value is -3.81. The van der Waals surface area contributed by atoms with Gasteiger partial charge in [0.2, 0.25) is 0 Å². The molecule has 1 atom stereocenters. The van der Waals surface area contributed by atoms with Crippen molar-refractivity contribution in [3.8, 4) is 0 Å². The smallest absolute Gasteiger partial charge is 0.373 e. The van der Waals surface area contributed by atoms with Gasteiger partial charge >= 0.3 is 24.1 Å². The molecule has 0 aliphatic carbocycles. The third-order valence-electron chi connectivity index (χ3n) is 8.48. The van der Waals surface area contributed by atoms with E-state index in [2.05, 4.69) is 39.5 Å². The lowest BCUT2D eigenvalue weighted by atomic mass is 9.95. The second-order valence-corrected chi connectivity index (χ2v) is 20.4. The Morgan fingerprint density at radius 3 is 1.39 bits per heavy atom. The van der Waals surface area contributed by atoms with Gasteiger partial charge in [0.25, 0.3) is 0 Å². The standard InChI is InChI=1S/C46H79N3O9.CO2/c1-34(2)26-35(3)39(51)32-55-31-37-18-16-36(17-19-37)20-21-38(50)27-47(23-25-49(33-43(4,5)6)30-42(54)58-46(13,14)15)22-24-48(28-40(52)56-44(7,8)9)29-41(53)57-45(10,11)12;2-1-3/h16-19,34-35H,20-33H2,1-15H3;/t35-;/m1./s1. The molecule has 0 fully saturated rings. The zero-order valence-electron chi connectivity index (χ0n) is 40.2. The van der Waals surface area contributed by atoms with Gasteiger partial charge in [-0.25, -0.2) is 0 Å². The van der Waals surface area contributed by atoms with Gasteiger partial charge in [0.05, 0.1) is 32.8 Å². The molecule has 1 rings (SSSR count). The molecular formula is C47H79N3O11. The van der Waals surface area contributed by atoms with Crippen LogP contribution in [0.5, 0.6) is 0 Å². The highest BCUT2D eigenvalue weighted by atomic mass is 16.6. The van der Waals surface area contributed by atoms with E-state index in [-0.39, 0.29) is 67.8 Å². The summed E-state index contributed by atoms with van der Waals surface area (Å²) in [5.41, 5.74) is -0.143. The molecule has 0 aromatic heterocycles. The maximum Gasteiger partial charge on any atom is 0.373 e. The van der Waals surface area contributed by atoms with Gasteiger partial charge < -0.3 is 18.9 Å². The highest BCUT2D eigenvalue weighted by Gasteiger charge is 2.26. The van der Waals surface area contributed by atoms with Gasteiger partial charge in [0, 0.05) is 45.1 Å². The van der Waals surface area contributed by atoms with Gasteiger partial charge in [-0.1, -0.05) is 65.8 Å². The normalized spacial score (nSPS) is 12.8. The summed E-state index contributed by atoms with van der Waals surface area (Å²) in [6, 6.07) is 7.90. The van der Waals surface area contributed by atoms with Crippen LogP contribution in [0.2, 0.25) is 0 Å². The Morgan fingerprint density at radius 2 is 0.984 bits per heavy atom. The van der Waals surface area contributed by atoms with Crippen molar-refractivity contribution in [2.45, 2.75) is 147 Å². The average Bonchev–Trinajstić information content (AvgIpc) is 3.05. The largest absolute Gasteiger partial charge is 0.459 e. The molecular weight excluding hydrogens is 783 g/mol. The summed E-state index contributed by atoms with van der Waals surface area (Å²) in [6.07, 6.45) is 1.96. The SMILES string of the molecule is CC(C)C[C@@H](C)C(=O)COCc1ccc(CCC(=O)CN(CCN(CC(=O)OC(C)(C)C)CC(=O)OC(C)(C)C)CCN(CC(=O)OC(C)(C)C)CC(C)(C)C)cc1.O=C=O. The van der Waals surface area contributed by atoms with E-state index in [1.54, 1.807) is 46.4 Å². The van der Waals surface area contributed by atoms with Gasteiger partial charge in [-0.2, -0.15) is 9.59 Å². The maximum absolute atomic E-state index is 13.6. The van der Waals surface area contributed by atoms with Crippen LogP contribution in [-0.4, -0.2) is 133 Å². The van der Waals surface area contributed by atoms with Gasteiger partial charge in [-0.15, -0.1) is 0 Å². The molecule has 0 spiro atoms. The molecule has 0 saturated heterocycles. The number of ketones is 2. The third-order valence-corrected chi connectivity index (χ3v) is 8.48. The molecule has 0 N–H and O–H groups in total. The first-order valence-corrected chi connectivity index (χ1v) is 21.4. The summed E-state index contributed by atoms with van der Waals surface area (Å²) < 4.78 is 22.5. The summed E-state index contributed by atoms with van der Waals surface area (Å²) >= 11 is 0. The van der Waals surface area contributed by atoms with E-state index in [1.165, 1.54) is 0 Å². The molecule has 1 aromatic rings. The maximum atomic E-state index is 13.6. The van der Waals surface area contributed by atoms with Crippen LogP contribution in [0.1, 0.15) is 128 Å². The number of rotatable bonds is 25. The van der Waals surface area contributed by atoms with Crippen LogP contribution in [0, 0.1) is 17.3 Å². The number of nitrogens with zero attached hydrogens (tertiary/aromatic N) is 3. The molecule has 14 heteroatoms. The predicted molar refractivity (Wildman–Crippen MR) is 234 cm³/mol. The Kier molecular flexibility index (Phi) is 25.6. The third kappa shape index (κ3) is 32.6. The fourth-order valence-corrected chi connectivity index (χ4v) is 6.27. The van der Waals surface area contributed by atoms with Crippen molar-refractivity contribution in [1.29, 1.82) is 0 Å². The molecule has 1 aromatic carbocycles. The quantitative estimate of drug-likeness (QED) is 0.0789. The van der Waals surface area contributed by atoms with E-state index in [0.29, 0.717) is 58.1 Å². The van der Waals surface area contributed by atoms with Gasteiger partial charge in [-0.3, -0.25) is 38.7 Å². The Bertz CT molecular complexity index is 1490. The second kappa shape index (κ2) is 27.3. The molecule has 0 bridgehead atoms. The molecule has 0 saturated carbocycles. The minimum atomic E-state index is -0.696. The van der Waals surface area contributed by atoms with Crippen LogP contribution in [0.3, 0.4) is 0 Å². The number of ether oxygens (including phenoxy) is 4. The highest BCUT2D eigenvalue weighted by molar-refractivity contribution is 5.82. The molecule has 0 radical (unpaired) electrons. The first kappa shape index (κ1) is 57.2. The van der Waals surface area contributed by atoms with E-state index >= 15 is 0 Å². The molecule has 0 aliphatic heterocycles. The van der Waals surface area contributed by atoms with Crippen molar-refractivity contribution in [3.63, 3.8) is 0 Å². The Labute approximate surface area is 366 Å². The van der Waals surface area contributed by atoms with E-state index in [9.17, 15) is 24.0 Å². The number of aryl methyl sites for hydroxylation is 1. The van der Waals surface area contributed by atoms with Gasteiger partial charge in [-0.05, 0) is 97.6 Å². The molecule has 0 heterocycles. The van der Waals surface area contributed by atoms with Crippen molar-refractivity contribution in [2.75, 3.05) is 65.5 Å². The van der Waals surface area contributed by atoms with Crippen LogP contribution in [0.15, 0.2) is 24.3 Å². The van der Waals surface area contributed by atoms with Crippen molar-refractivity contribution < 1.29 is 52.5 Å². The summed E-state index contributed by atoms with van der Waals surface area (Å²) in [4.78, 5) is 86.8. The lowest BCUT2D eigenvalue weighted by Gasteiger charge is -2.33.